The number of rotatable bonds is 4. The lowest BCUT2D eigenvalue weighted by Gasteiger charge is -2.10. The standard InChI is InChI=1S/C13H12ClFN2O4/c1-7(12(19)17-13(16)20)21-11(18)5-3-8-2-4-10(15)9(14)6-8/h2-7H,1H3,(H3,16,17,19,20)/b5-3+/t7-/m1/s1. The fourth-order valence-electron chi connectivity index (χ4n) is 1.27. The first-order valence-electron chi connectivity index (χ1n) is 5.73. The lowest BCUT2D eigenvalue weighted by atomic mass is 10.2. The number of carbonyl (C=O) groups is 3. The van der Waals surface area contributed by atoms with Crippen LogP contribution in [0.4, 0.5) is 9.18 Å². The molecule has 1 rings (SSSR count). The summed E-state index contributed by atoms with van der Waals surface area (Å²) in [6.07, 6.45) is 1.19. The number of esters is 1. The molecule has 0 bridgehead atoms. The first-order chi connectivity index (χ1) is 9.79. The number of halogens is 2. The molecule has 3 N–H and O–H groups in total. The van der Waals surface area contributed by atoms with Gasteiger partial charge in [0.1, 0.15) is 5.82 Å². The third kappa shape index (κ3) is 5.62. The Morgan fingerprint density at radius 2 is 2.10 bits per heavy atom. The van der Waals surface area contributed by atoms with E-state index < -0.39 is 29.8 Å². The molecule has 0 saturated heterocycles. The van der Waals surface area contributed by atoms with Gasteiger partial charge in [-0.05, 0) is 30.7 Å². The second-order valence-electron chi connectivity index (χ2n) is 3.94. The molecular weight excluding hydrogens is 303 g/mol. The molecule has 0 aliphatic heterocycles. The van der Waals surface area contributed by atoms with Gasteiger partial charge < -0.3 is 10.5 Å². The van der Waals surface area contributed by atoms with Gasteiger partial charge in [0, 0.05) is 6.08 Å². The molecular formula is C13H12ClFN2O4. The van der Waals surface area contributed by atoms with Crippen molar-refractivity contribution in [1.82, 2.24) is 5.32 Å². The molecule has 0 saturated carbocycles. The lowest BCUT2D eigenvalue weighted by molar-refractivity contribution is -0.149. The van der Waals surface area contributed by atoms with E-state index in [0.29, 0.717) is 5.56 Å². The summed E-state index contributed by atoms with van der Waals surface area (Å²) in [5.74, 6) is -2.23. The maximum Gasteiger partial charge on any atom is 0.331 e. The molecule has 0 radical (unpaired) electrons. The van der Waals surface area contributed by atoms with Crippen LogP contribution >= 0.6 is 11.6 Å². The summed E-state index contributed by atoms with van der Waals surface area (Å²) in [4.78, 5) is 33.2. The second kappa shape index (κ2) is 7.39. The largest absolute Gasteiger partial charge is 0.449 e. The average molecular weight is 315 g/mol. The molecule has 0 fully saturated rings. The SMILES string of the molecule is C[C@@H](OC(=O)/C=C/c1ccc(F)c(Cl)c1)C(=O)NC(N)=O. The van der Waals surface area contributed by atoms with Crippen LogP contribution in [0.5, 0.6) is 0 Å². The summed E-state index contributed by atoms with van der Waals surface area (Å²) < 4.78 is 17.7. The zero-order chi connectivity index (χ0) is 16.0. The minimum atomic E-state index is -1.19. The number of hydrogen-bond donors (Lipinski definition) is 2. The topological polar surface area (TPSA) is 98.5 Å². The Hall–Kier alpha value is -2.41. The van der Waals surface area contributed by atoms with E-state index in [2.05, 4.69) is 0 Å². The van der Waals surface area contributed by atoms with Gasteiger partial charge in [-0.3, -0.25) is 10.1 Å². The molecule has 0 aromatic heterocycles. The minimum absolute atomic E-state index is 0.0836. The number of amides is 3. The average Bonchev–Trinajstić information content (AvgIpc) is 2.39. The van der Waals surface area contributed by atoms with E-state index in [-0.39, 0.29) is 5.02 Å². The summed E-state index contributed by atoms with van der Waals surface area (Å²) in [5, 5.41) is 1.69. The fraction of sp³-hybridized carbons (Fsp3) is 0.154. The Bertz CT molecular complexity index is 604. The zero-order valence-electron chi connectivity index (χ0n) is 10.9. The van der Waals surface area contributed by atoms with Crippen LogP contribution in [-0.4, -0.2) is 24.0 Å². The summed E-state index contributed by atoms with van der Waals surface area (Å²) in [6, 6.07) is 2.84. The van der Waals surface area contributed by atoms with Crippen molar-refractivity contribution in [2.24, 2.45) is 5.73 Å². The molecule has 0 aliphatic carbocycles. The molecule has 0 spiro atoms. The number of urea groups is 1. The maximum absolute atomic E-state index is 12.9. The van der Waals surface area contributed by atoms with Gasteiger partial charge in [0.2, 0.25) is 0 Å². The van der Waals surface area contributed by atoms with Gasteiger partial charge in [-0.15, -0.1) is 0 Å². The van der Waals surface area contributed by atoms with E-state index in [1.165, 1.54) is 25.1 Å². The van der Waals surface area contributed by atoms with E-state index in [9.17, 15) is 18.8 Å². The molecule has 21 heavy (non-hydrogen) atoms. The monoisotopic (exact) mass is 314 g/mol. The third-order valence-electron chi connectivity index (χ3n) is 2.26. The van der Waals surface area contributed by atoms with Crippen molar-refractivity contribution in [3.8, 4) is 0 Å². The van der Waals surface area contributed by atoms with Gasteiger partial charge in [0.05, 0.1) is 5.02 Å². The highest BCUT2D eigenvalue weighted by molar-refractivity contribution is 6.30. The molecule has 8 heteroatoms. The van der Waals surface area contributed by atoms with Crippen molar-refractivity contribution in [1.29, 1.82) is 0 Å². The highest BCUT2D eigenvalue weighted by Gasteiger charge is 2.17. The minimum Gasteiger partial charge on any atom is -0.449 e. The molecule has 1 atom stereocenters. The van der Waals surface area contributed by atoms with Crippen LogP contribution in [0.25, 0.3) is 6.08 Å². The van der Waals surface area contributed by atoms with E-state index in [1.54, 1.807) is 5.32 Å². The summed E-state index contributed by atoms with van der Waals surface area (Å²) in [6.45, 7) is 1.28. The van der Waals surface area contributed by atoms with Crippen molar-refractivity contribution in [3.63, 3.8) is 0 Å². The van der Waals surface area contributed by atoms with Gasteiger partial charge in [0.15, 0.2) is 6.10 Å². The maximum atomic E-state index is 12.9. The molecule has 6 nitrogen and oxygen atoms in total. The Kier molecular flexibility index (Phi) is 5.86. The van der Waals surface area contributed by atoms with Crippen LogP contribution in [-0.2, 0) is 14.3 Å². The molecule has 0 unspecified atom stereocenters. The first kappa shape index (κ1) is 16.6. The van der Waals surface area contributed by atoms with E-state index >= 15 is 0 Å². The number of nitrogens with two attached hydrogens (primary N) is 1. The van der Waals surface area contributed by atoms with E-state index in [4.69, 9.17) is 22.1 Å². The second-order valence-corrected chi connectivity index (χ2v) is 4.35. The number of nitrogens with one attached hydrogen (secondary N) is 1. The van der Waals surface area contributed by atoms with Crippen LogP contribution < -0.4 is 11.1 Å². The van der Waals surface area contributed by atoms with Crippen molar-refractivity contribution >= 4 is 35.6 Å². The van der Waals surface area contributed by atoms with Gasteiger partial charge in [-0.2, -0.15) is 0 Å². The number of primary amides is 1. The van der Waals surface area contributed by atoms with Crippen LogP contribution in [0.2, 0.25) is 5.02 Å². The third-order valence-corrected chi connectivity index (χ3v) is 2.55. The Morgan fingerprint density at radius 3 is 2.67 bits per heavy atom. The Labute approximate surface area is 124 Å². The number of imide groups is 1. The van der Waals surface area contributed by atoms with Crippen LogP contribution in [0.15, 0.2) is 24.3 Å². The predicted molar refractivity (Wildman–Crippen MR) is 73.7 cm³/mol. The van der Waals surface area contributed by atoms with E-state index in [0.717, 1.165) is 12.1 Å². The van der Waals surface area contributed by atoms with Crippen LogP contribution in [0.1, 0.15) is 12.5 Å². The van der Waals surface area contributed by atoms with E-state index in [1.807, 2.05) is 0 Å². The molecule has 1 aromatic carbocycles. The Morgan fingerprint density at radius 1 is 1.43 bits per heavy atom. The Balaban J connectivity index is 2.60. The van der Waals surface area contributed by atoms with Crippen molar-refractivity contribution in [3.05, 3.63) is 40.7 Å². The lowest BCUT2D eigenvalue weighted by Crippen LogP contribution is -2.42. The first-order valence-corrected chi connectivity index (χ1v) is 6.11. The summed E-state index contributed by atoms with van der Waals surface area (Å²) in [5.41, 5.74) is 5.23. The van der Waals surface area contributed by atoms with Crippen LogP contribution in [0, 0.1) is 5.82 Å². The number of ether oxygens (including phenoxy) is 1. The van der Waals surface area contributed by atoms with Crippen molar-refractivity contribution in [2.75, 3.05) is 0 Å². The van der Waals surface area contributed by atoms with Crippen LogP contribution in [0.3, 0.4) is 0 Å². The summed E-state index contributed by atoms with van der Waals surface area (Å²) in [7, 11) is 0. The highest BCUT2D eigenvalue weighted by atomic mass is 35.5. The van der Waals surface area contributed by atoms with Crippen molar-refractivity contribution < 1.29 is 23.5 Å². The molecule has 0 heterocycles. The van der Waals surface area contributed by atoms with Gasteiger partial charge in [-0.1, -0.05) is 17.7 Å². The predicted octanol–water partition coefficient (Wildman–Crippen LogP) is 1.62. The zero-order valence-corrected chi connectivity index (χ0v) is 11.7. The number of hydrogen-bond acceptors (Lipinski definition) is 4. The summed E-state index contributed by atoms with van der Waals surface area (Å²) >= 11 is 5.58. The number of benzene rings is 1. The highest BCUT2D eigenvalue weighted by Crippen LogP contribution is 2.16. The van der Waals surface area contributed by atoms with Gasteiger partial charge in [-0.25, -0.2) is 14.0 Å². The fourth-order valence-corrected chi connectivity index (χ4v) is 1.46. The molecule has 1 aromatic rings. The molecule has 3 amide bonds. The van der Waals surface area contributed by atoms with Gasteiger partial charge >= 0.3 is 12.0 Å². The normalized spacial score (nSPS) is 12.0. The number of carbonyl (C=O) groups excluding carboxylic acids is 3. The smallest absolute Gasteiger partial charge is 0.331 e. The molecule has 112 valence electrons. The molecule has 0 aliphatic rings. The van der Waals surface area contributed by atoms with Crippen molar-refractivity contribution in [2.45, 2.75) is 13.0 Å². The van der Waals surface area contributed by atoms with Gasteiger partial charge in [0.25, 0.3) is 5.91 Å². The quantitative estimate of drug-likeness (QED) is 0.651.